The second-order valence-electron chi connectivity index (χ2n) is 3.72. The zero-order valence-corrected chi connectivity index (χ0v) is 10.4. The van der Waals surface area contributed by atoms with Crippen molar-refractivity contribution in [3.05, 3.63) is 34.2 Å². The highest BCUT2D eigenvalue weighted by Gasteiger charge is 2.02. The molecule has 0 aliphatic carbocycles. The van der Waals surface area contributed by atoms with Gasteiger partial charge in [0.25, 0.3) is 0 Å². The molecule has 0 saturated carbocycles. The molecule has 1 aromatic heterocycles. The number of aromatic nitrogens is 2. The van der Waals surface area contributed by atoms with E-state index in [0.29, 0.717) is 6.54 Å². The average Bonchev–Trinajstić information content (AvgIpc) is 2.70. The fourth-order valence-electron chi connectivity index (χ4n) is 1.52. The van der Waals surface area contributed by atoms with E-state index in [1.807, 2.05) is 6.07 Å². The summed E-state index contributed by atoms with van der Waals surface area (Å²) < 4.78 is 0. The van der Waals surface area contributed by atoms with Crippen LogP contribution in [-0.4, -0.2) is 22.3 Å². The van der Waals surface area contributed by atoms with Crippen LogP contribution in [0.1, 0.15) is 12.0 Å². The average molecular weight is 247 g/mol. The van der Waals surface area contributed by atoms with E-state index in [1.54, 1.807) is 11.8 Å². The maximum atomic E-state index is 8.14. The Morgan fingerprint density at radius 1 is 1.53 bits per heavy atom. The van der Waals surface area contributed by atoms with Crippen molar-refractivity contribution in [3.8, 4) is 0 Å². The summed E-state index contributed by atoms with van der Waals surface area (Å²) in [5.41, 5.74) is 11.4. The van der Waals surface area contributed by atoms with E-state index in [0.717, 1.165) is 28.4 Å². The van der Waals surface area contributed by atoms with Gasteiger partial charge in [-0.1, -0.05) is 22.9 Å². The number of rotatable bonds is 5. The Bertz CT molecular complexity index is 556. The Kier molecular flexibility index (Phi) is 3.90. The summed E-state index contributed by atoms with van der Waals surface area (Å²) in [6.45, 7) is 2.61. The van der Waals surface area contributed by atoms with Crippen LogP contribution in [0.3, 0.4) is 0 Å². The van der Waals surface area contributed by atoms with Gasteiger partial charge in [-0.2, -0.15) is 0 Å². The van der Waals surface area contributed by atoms with Gasteiger partial charge in [0.1, 0.15) is 0 Å². The van der Waals surface area contributed by atoms with Gasteiger partial charge in [0.05, 0.1) is 11.0 Å². The number of aryl methyl sites for hydroxylation is 1. The summed E-state index contributed by atoms with van der Waals surface area (Å²) in [6, 6.07) is 6.16. The molecule has 88 valence electrons. The number of hydrogen-bond acceptors (Lipinski definition) is 3. The number of azide groups is 1. The first-order chi connectivity index (χ1) is 8.29. The minimum atomic E-state index is 0.544. The number of thioether (sulfide) groups is 1. The lowest BCUT2D eigenvalue weighted by molar-refractivity contribution is 0.927. The molecule has 0 aliphatic rings. The van der Waals surface area contributed by atoms with Gasteiger partial charge in [0.15, 0.2) is 5.16 Å². The second-order valence-corrected chi connectivity index (χ2v) is 4.80. The number of benzene rings is 1. The fraction of sp³-hybridized carbons (Fsp3) is 0.364. The zero-order valence-electron chi connectivity index (χ0n) is 9.55. The van der Waals surface area contributed by atoms with Crippen LogP contribution in [-0.2, 0) is 0 Å². The Labute approximate surface area is 103 Å². The minimum Gasteiger partial charge on any atom is -0.333 e. The van der Waals surface area contributed by atoms with Crippen molar-refractivity contribution in [2.45, 2.75) is 18.5 Å². The Balaban J connectivity index is 1.97. The largest absolute Gasteiger partial charge is 0.333 e. The van der Waals surface area contributed by atoms with Crippen molar-refractivity contribution in [1.29, 1.82) is 0 Å². The first-order valence-electron chi connectivity index (χ1n) is 5.39. The molecular formula is C11H13N5S. The Morgan fingerprint density at radius 2 is 2.41 bits per heavy atom. The van der Waals surface area contributed by atoms with E-state index in [-0.39, 0.29) is 0 Å². The van der Waals surface area contributed by atoms with Gasteiger partial charge < -0.3 is 4.98 Å². The van der Waals surface area contributed by atoms with Crippen LogP contribution in [0.4, 0.5) is 0 Å². The van der Waals surface area contributed by atoms with E-state index < -0.39 is 0 Å². The lowest BCUT2D eigenvalue weighted by Gasteiger charge is -1.93. The van der Waals surface area contributed by atoms with Crippen molar-refractivity contribution in [1.82, 2.24) is 9.97 Å². The monoisotopic (exact) mass is 247 g/mol. The SMILES string of the molecule is Cc1ccc2nc(SCCCN=[N+]=[N-])[nH]c2c1. The van der Waals surface area contributed by atoms with E-state index in [2.05, 4.69) is 39.1 Å². The van der Waals surface area contributed by atoms with Gasteiger partial charge in [-0.3, -0.25) is 0 Å². The van der Waals surface area contributed by atoms with Crippen molar-refractivity contribution >= 4 is 22.8 Å². The number of nitrogens with one attached hydrogen (secondary N) is 1. The molecule has 0 atom stereocenters. The predicted octanol–water partition coefficient (Wildman–Crippen LogP) is 3.66. The summed E-state index contributed by atoms with van der Waals surface area (Å²) in [4.78, 5) is 10.5. The maximum absolute atomic E-state index is 8.14. The summed E-state index contributed by atoms with van der Waals surface area (Å²) in [5, 5.41) is 4.42. The fourth-order valence-corrected chi connectivity index (χ4v) is 2.33. The minimum absolute atomic E-state index is 0.544. The van der Waals surface area contributed by atoms with E-state index in [9.17, 15) is 0 Å². The number of aromatic amines is 1. The summed E-state index contributed by atoms with van der Waals surface area (Å²) in [6.07, 6.45) is 0.866. The molecule has 0 spiro atoms. The molecule has 1 aromatic carbocycles. The van der Waals surface area contributed by atoms with Gasteiger partial charge in [-0.15, -0.1) is 0 Å². The van der Waals surface area contributed by atoms with E-state index >= 15 is 0 Å². The molecule has 0 aliphatic heterocycles. The van der Waals surface area contributed by atoms with Crippen LogP contribution in [0, 0.1) is 6.92 Å². The topological polar surface area (TPSA) is 77.4 Å². The van der Waals surface area contributed by atoms with Gasteiger partial charge >= 0.3 is 0 Å². The number of hydrogen-bond donors (Lipinski definition) is 1. The van der Waals surface area contributed by atoms with E-state index in [1.165, 1.54) is 5.56 Å². The third kappa shape index (κ3) is 3.15. The number of imidazole rings is 1. The Hall–Kier alpha value is -1.65. The number of nitrogens with zero attached hydrogens (tertiary/aromatic N) is 4. The van der Waals surface area contributed by atoms with Crippen molar-refractivity contribution < 1.29 is 0 Å². The van der Waals surface area contributed by atoms with Gasteiger partial charge in [-0.25, -0.2) is 4.98 Å². The van der Waals surface area contributed by atoms with Crippen molar-refractivity contribution in [3.63, 3.8) is 0 Å². The standard InChI is InChI=1S/C11H13N5S/c1-8-3-4-9-10(7-8)15-11(14-9)17-6-2-5-13-16-12/h3-4,7H,2,5-6H2,1H3,(H,14,15). The predicted molar refractivity (Wildman–Crippen MR) is 70.2 cm³/mol. The third-order valence-electron chi connectivity index (χ3n) is 2.32. The lowest BCUT2D eigenvalue weighted by Crippen LogP contribution is -1.84. The number of fused-ring (bicyclic) bond motifs is 1. The summed E-state index contributed by atoms with van der Waals surface area (Å²) in [7, 11) is 0. The molecule has 2 aromatic rings. The normalized spacial score (nSPS) is 10.4. The van der Waals surface area contributed by atoms with Crippen LogP contribution in [0.15, 0.2) is 28.5 Å². The molecule has 1 heterocycles. The molecule has 0 bridgehead atoms. The van der Waals surface area contributed by atoms with E-state index in [4.69, 9.17) is 5.53 Å². The van der Waals surface area contributed by atoms with Crippen LogP contribution in [0.25, 0.3) is 21.5 Å². The molecule has 0 amide bonds. The van der Waals surface area contributed by atoms with Crippen LogP contribution < -0.4 is 0 Å². The smallest absolute Gasteiger partial charge is 0.166 e. The molecule has 0 radical (unpaired) electrons. The molecule has 2 rings (SSSR count). The summed E-state index contributed by atoms with van der Waals surface area (Å²) in [5.74, 6) is 0.901. The van der Waals surface area contributed by atoms with Gasteiger partial charge in [0, 0.05) is 17.2 Å². The van der Waals surface area contributed by atoms with Gasteiger partial charge in [-0.05, 0) is 36.6 Å². The quantitative estimate of drug-likeness (QED) is 0.288. The molecule has 5 nitrogen and oxygen atoms in total. The molecule has 0 fully saturated rings. The molecular weight excluding hydrogens is 234 g/mol. The molecule has 6 heteroatoms. The molecule has 1 N–H and O–H groups in total. The number of H-pyrrole nitrogens is 1. The van der Waals surface area contributed by atoms with Gasteiger partial charge in [0.2, 0.25) is 0 Å². The zero-order chi connectivity index (χ0) is 12.1. The molecule has 17 heavy (non-hydrogen) atoms. The van der Waals surface area contributed by atoms with Crippen LogP contribution >= 0.6 is 11.8 Å². The van der Waals surface area contributed by atoms with Crippen LogP contribution in [0.5, 0.6) is 0 Å². The first-order valence-corrected chi connectivity index (χ1v) is 6.38. The highest BCUT2D eigenvalue weighted by atomic mass is 32.2. The Morgan fingerprint density at radius 3 is 3.24 bits per heavy atom. The second kappa shape index (κ2) is 5.61. The highest BCUT2D eigenvalue weighted by molar-refractivity contribution is 7.99. The molecule has 0 unspecified atom stereocenters. The first kappa shape index (κ1) is 11.8. The molecule has 0 saturated heterocycles. The van der Waals surface area contributed by atoms with Crippen molar-refractivity contribution in [2.75, 3.05) is 12.3 Å². The third-order valence-corrected chi connectivity index (χ3v) is 3.28. The van der Waals surface area contributed by atoms with Crippen LogP contribution in [0.2, 0.25) is 0 Å². The highest BCUT2D eigenvalue weighted by Crippen LogP contribution is 2.20. The maximum Gasteiger partial charge on any atom is 0.166 e. The van der Waals surface area contributed by atoms with Crippen molar-refractivity contribution in [2.24, 2.45) is 5.11 Å². The summed E-state index contributed by atoms with van der Waals surface area (Å²) >= 11 is 1.65. The lowest BCUT2D eigenvalue weighted by atomic mass is 10.2.